The van der Waals surface area contributed by atoms with Gasteiger partial charge in [-0.25, -0.2) is 15.0 Å². The lowest BCUT2D eigenvalue weighted by Gasteiger charge is -2.18. The van der Waals surface area contributed by atoms with E-state index in [2.05, 4.69) is 40.7 Å². The van der Waals surface area contributed by atoms with Crippen molar-refractivity contribution in [1.82, 2.24) is 29.7 Å². The lowest BCUT2D eigenvalue weighted by atomic mass is 10.1. The summed E-state index contributed by atoms with van der Waals surface area (Å²) in [6.07, 6.45) is 7.11. The molecular formula is C18H18ClN7. The van der Waals surface area contributed by atoms with Gasteiger partial charge in [0, 0.05) is 41.3 Å². The van der Waals surface area contributed by atoms with Gasteiger partial charge >= 0.3 is 0 Å². The molecule has 0 aliphatic carbocycles. The summed E-state index contributed by atoms with van der Waals surface area (Å²) in [6.45, 7) is 6.27. The van der Waals surface area contributed by atoms with Crippen LogP contribution in [0.3, 0.4) is 0 Å². The van der Waals surface area contributed by atoms with E-state index in [1.807, 2.05) is 23.0 Å². The van der Waals surface area contributed by atoms with Gasteiger partial charge in [0.15, 0.2) is 0 Å². The summed E-state index contributed by atoms with van der Waals surface area (Å²) in [7, 11) is 0. The molecule has 4 aromatic heterocycles. The molecule has 4 rings (SSSR count). The van der Waals surface area contributed by atoms with Crippen LogP contribution >= 0.6 is 11.6 Å². The van der Waals surface area contributed by atoms with Crippen LogP contribution in [-0.4, -0.2) is 29.7 Å². The SMILES string of the molecule is CC(C)(C)n1cc(-c2ccnc(N)n2)c(-c2cnc3[nH]cc(Cl)c3c2)n1. The number of fused-ring (bicyclic) bond motifs is 1. The smallest absolute Gasteiger partial charge is 0.220 e. The molecule has 0 unspecified atom stereocenters. The van der Waals surface area contributed by atoms with E-state index in [9.17, 15) is 0 Å². The van der Waals surface area contributed by atoms with E-state index < -0.39 is 0 Å². The molecule has 4 heterocycles. The first-order valence-corrected chi connectivity index (χ1v) is 8.53. The Bertz CT molecular complexity index is 1100. The molecule has 0 atom stereocenters. The summed E-state index contributed by atoms with van der Waals surface area (Å²) < 4.78 is 1.92. The first-order valence-electron chi connectivity index (χ1n) is 8.15. The number of nitrogen functional groups attached to an aromatic ring is 1. The lowest BCUT2D eigenvalue weighted by Crippen LogP contribution is -2.22. The van der Waals surface area contributed by atoms with Gasteiger partial charge < -0.3 is 10.7 Å². The molecule has 4 aromatic rings. The number of nitrogens with zero attached hydrogens (tertiary/aromatic N) is 5. The summed E-state index contributed by atoms with van der Waals surface area (Å²) in [5.41, 5.74) is 9.52. The Morgan fingerprint density at radius 2 is 2.04 bits per heavy atom. The zero-order chi connectivity index (χ0) is 18.5. The number of aromatic amines is 1. The largest absolute Gasteiger partial charge is 0.368 e. The highest BCUT2D eigenvalue weighted by Gasteiger charge is 2.21. The van der Waals surface area contributed by atoms with E-state index >= 15 is 0 Å². The average Bonchev–Trinajstić information content (AvgIpc) is 3.19. The number of nitrogens with two attached hydrogens (primary N) is 1. The molecule has 0 aromatic carbocycles. The minimum Gasteiger partial charge on any atom is -0.368 e. The van der Waals surface area contributed by atoms with Crippen molar-refractivity contribution in [2.45, 2.75) is 26.3 Å². The van der Waals surface area contributed by atoms with Crippen molar-refractivity contribution in [3.63, 3.8) is 0 Å². The second-order valence-corrected chi connectivity index (χ2v) is 7.47. The molecule has 0 saturated heterocycles. The predicted molar refractivity (Wildman–Crippen MR) is 103 cm³/mol. The van der Waals surface area contributed by atoms with Crippen molar-refractivity contribution in [2.24, 2.45) is 0 Å². The van der Waals surface area contributed by atoms with Crippen molar-refractivity contribution in [2.75, 3.05) is 5.73 Å². The van der Waals surface area contributed by atoms with Crippen LogP contribution in [0.15, 0.2) is 36.9 Å². The van der Waals surface area contributed by atoms with Crippen LogP contribution in [0.5, 0.6) is 0 Å². The number of pyridine rings is 1. The molecule has 0 fully saturated rings. The van der Waals surface area contributed by atoms with Gasteiger partial charge in [0.2, 0.25) is 5.95 Å². The minimum absolute atomic E-state index is 0.186. The van der Waals surface area contributed by atoms with Crippen LogP contribution < -0.4 is 5.73 Å². The number of H-pyrrole nitrogens is 1. The normalized spacial score (nSPS) is 12.0. The van der Waals surface area contributed by atoms with Crippen LogP contribution in [-0.2, 0) is 5.54 Å². The number of nitrogens with one attached hydrogen (secondary N) is 1. The number of hydrogen-bond donors (Lipinski definition) is 2. The van der Waals surface area contributed by atoms with Gasteiger partial charge in [-0.15, -0.1) is 0 Å². The van der Waals surface area contributed by atoms with Gasteiger partial charge in [0.05, 0.1) is 16.3 Å². The fourth-order valence-electron chi connectivity index (χ4n) is 2.74. The molecule has 7 nitrogen and oxygen atoms in total. The predicted octanol–water partition coefficient (Wildman–Crippen LogP) is 3.87. The van der Waals surface area contributed by atoms with Gasteiger partial charge in [-0.05, 0) is 32.9 Å². The van der Waals surface area contributed by atoms with Crippen LogP contribution in [0.2, 0.25) is 5.02 Å². The van der Waals surface area contributed by atoms with Gasteiger partial charge in [0.25, 0.3) is 0 Å². The van der Waals surface area contributed by atoms with E-state index in [4.69, 9.17) is 22.4 Å². The van der Waals surface area contributed by atoms with E-state index in [1.165, 1.54) is 0 Å². The van der Waals surface area contributed by atoms with Gasteiger partial charge in [-0.2, -0.15) is 5.10 Å². The van der Waals surface area contributed by atoms with E-state index in [1.54, 1.807) is 18.6 Å². The Hall–Kier alpha value is -2.93. The summed E-state index contributed by atoms with van der Waals surface area (Å²) >= 11 is 6.25. The van der Waals surface area contributed by atoms with Crippen LogP contribution in [0.25, 0.3) is 33.5 Å². The first kappa shape index (κ1) is 16.5. The fourth-order valence-corrected chi connectivity index (χ4v) is 2.94. The Morgan fingerprint density at radius 3 is 2.77 bits per heavy atom. The number of hydrogen-bond acceptors (Lipinski definition) is 5. The summed E-state index contributed by atoms with van der Waals surface area (Å²) in [4.78, 5) is 15.8. The Kier molecular flexibility index (Phi) is 3.69. The van der Waals surface area contributed by atoms with Crippen molar-refractivity contribution >= 4 is 28.6 Å². The second-order valence-electron chi connectivity index (χ2n) is 7.06. The molecule has 132 valence electrons. The van der Waals surface area contributed by atoms with E-state index in [-0.39, 0.29) is 11.5 Å². The fraction of sp³-hybridized carbons (Fsp3) is 0.222. The highest BCUT2D eigenvalue weighted by Crippen LogP contribution is 2.34. The maximum absolute atomic E-state index is 6.25. The van der Waals surface area contributed by atoms with Crippen molar-refractivity contribution in [3.8, 4) is 22.5 Å². The van der Waals surface area contributed by atoms with Crippen molar-refractivity contribution in [3.05, 3.63) is 41.9 Å². The molecule has 0 bridgehead atoms. The third-order valence-electron chi connectivity index (χ3n) is 4.11. The highest BCUT2D eigenvalue weighted by atomic mass is 35.5. The molecule has 0 radical (unpaired) electrons. The lowest BCUT2D eigenvalue weighted by molar-refractivity contribution is 0.356. The quantitative estimate of drug-likeness (QED) is 0.560. The van der Waals surface area contributed by atoms with E-state index in [0.29, 0.717) is 10.7 Å². The Morgan fingerprint density at radius 1 is 1.23 bits per heavy atom. The van der Waals surface area contributed by atoms with Gasteiger partial charge in [-0.3, -0.25) is 4.68 Å². The summed E-state index contributed by atoms with van der Waals surface area (Å²) in [6, 6.07) is 3.80. The standard InChI is InChI=1S/C18H18ClN7/c1-18(2,3)26-9-12(14-4-5-21-17(20)24-14)15(25-26)10-6-11-13(19)8-23-16(11)22-7-10/h4-9H,1-3H3,(H,22,23)(H2,20,21,24). The Labute approximate surface area is 155 Å². The molecular weight excluding hydrogens is 350 g/mol. The van der Waals surface area contributed by atoms with Crippen molar-refractivity contribution in [1.29, 1.82) is 0 Å². The van der Waals surface area contributed by atoms with Gasteiger partial charge in [-0.1, -0.05) is 11.6 Å². The topological polar surface area (TPSA) is 98.3 Å². The maximum atomic E-state index is 6.25. The maximum Gasteiger partial charge on any atom is 0.220 e. The number of rotatable bonds is 2. The molecule has 8 heteroatoms. The molecule has 0 aliphatic rings. The number of aromatic nitrogens is 6. The van der Waals surface area contributed by atoms with Crippen LogP contribution in [0.1, 0.15) is 20.8 Å². The minimum atomic E-state index is -0.186. The summed E-state index contributed by atoms with van der Waals surface area (Å²) in [5.74, 6) is 0.221. The van der Waals surface area contributed by atoms with Crippen LogP contribution in [0, 0.1) is 0 Å². The monoisotopic (exact) mass is 367 g/mol. The van der Waals surface area contributed by atoms with Crippen LogP contribution in [0.4, 0.5) is 5.95 Å². The summed E-state index contributed by atoms with van der Waals surface area (Å²) in [5, 5.41) is 6.27. The molecule has 0 saturated carbocycles. The second kappa shape index (κ2) is 5.81. The van der Waals surface area contributed by atoms with Crippen molar-refractivity contribution < 1.29 is 0 Å². The molecule has 0 spiro atoms. The zero-order valence-electron chi connectivity index (χ0n) is 14.7. The average molecular weight is 368 g/mol. The zero-order valence-corrected chi connectivity index (χ0v) is 15.4. The third-order valence-corrected chi connectivity index (χ3v) is 4.42. The first-order chi connectivity index (χ1) is 12.3. The number of anilines is 1. The number of halogens is 1. The molecule has 0 amide bonds. The molecule has 3 N–H and O–H groups in total. The Balaban J connectivity index is 1.96. The third kappa shape index (κ3) is 2.80. The van der Waals surface area contributed by atoms with Gasteiger partial charge in [0.1, 0.15) is 11.3 Å². The van der Waals surface area contributed by atoms with E-state index in [0.717, 1.165) is 27.9 Å². The molecule has 0 aliphatic heterocycles. The molecule has 26 heavy (non-hydrogen) atoms. The highest BCUT2D eigenvalue weighted by molar-refractivity contribution is 6.35.